The van der Waals surface area contributed by atoms with Gasteiger partial charge in [-0.25, -0.2) is 0 Å². The molecule has 0 aromatic rings. The van der Waals surface area contributed by atoms with Crippen LogP contribution < -0.4 is 0 Å². The van der Waals surface area contributed by atoms with Crippen molar-refractivity contribution in [2.75, 3.05) is 0 Å². The predicted octanol–water partition coefficient (Wildman–Crippen LogP) is -0.896. The van der Waals surface area contributed by atoms with Gasteiger partial charge in [0.25, 0.3) is 0 Å². The van der Waals surface area contributed by atoms with Crippen LogP contribution in [-0.4, -0.2) is 18.9 Å². The van der Waals surface area contributed by atoms with Crippen LogP contribution in [0.3, 0.4) is 0 Å². The topological polar surface area (TPSA) is 34.1 Å². The van der Waals surface area contributed by atoms with Gasteiger partial charge in [0.15, 0.2) is 0 Å². The third-order valence-electron chi connectivity index (χ3n) is 0. The van der Waals surface area contributed by atoms with Gasteiger partial charge in [0, 0.05) is 33.6 Å². The SMILES string of the molecule is [LiH].[Mn].[Ni].[O]=[Co].[O]=[Co]. The molecule has 2 nitrogen and oxygen atoms in total. The molecule has 0 aliphatic carbocycles. The van der Waals surface area contributed by atoms with Crippen molar-refractivity contribution < 1.29 is 72.6 Å². The Morgan fingerprint density at radius 1 is 0.857 bits per heavy atom. The fourth-order valence-electron chi connectivity index (χ4n) is 0. The summed E-state index contributed by atoms with van der Waals surface area (Å²) in [4.78, 5) is 0. The average Bonchev–Trinajstić information content (AvgIpc) is 1.50. The Labute approximate surface area is 90.5 Å². The van der Waals surface area contributed by atoms with Crippen LogP contribution in [0.15, 0.2) is 0 Å². The second-order valence-electron chi connectivity index (χ2n) is 0. The van der Waals surface area contributed by atoms with Crippen LogP contribution in [0.2, 0.25) is 0 Å². The van der Waals surface area contributed by atoms with Gasteiger partial charge in [-0.3, -0.25) is 0 Å². The molecular weight excluding hydrogens is 270 g/mol. The molecule has 0 N–H and O–H groups in total. The molecule has 0 aliphatic heterocycles. The fraction of sp³-hybridized carbons (Fsp3) is 0. The maximum absolute atomic E-state index is 7.94. The monoisotopic (exact) mass is 271 g/mol. The van der Waals surface area contributed by atoms with Gasteiger partial charge in [0.2, 0.25) is 0 Å². The molecule has 7 heavy (non-hydrogen) atoms. The van der Waals surface area contributed by atoms with Gasteiger partial charge < -0.3 is 0 Å². The summed E-state index contributed by atoms with van der Waals surface area (Å²) >= 11 is 4.62. The van der Waals surface area contributed by atoms with Crippen molar-refractivity contribution in [2.45, 2.75) is 0 Å². The van der Waals surface area contributed by atoms with Crippen LogP contribution in [0.5, 0.6) is 0 Å². The third kappa shape index (κ3) is 64.4. The Morgan fingerprint density at radius 2 is 0.857 bits per heavy atom. The zero-order valence-corrected chi connectivity index (χ0v) is 6.43. The van der Waals surface area contributed by atoms with Crippen molar-refractivity contribution >= 4 is 18.9 Å². The van der Waals surface area contributed by atoms with Crippen molar-refractivity contribution in [2.24, 2.45) is 0 Å². The summed E-state index contributed by atoms with van der Waals surface area (Å²) in [6.45, 7) is 0. The first kappa shape index (κ1) is 35.0. The molecule has 0 aliphatic rings. The van der Waals surface area contributed by atoms with Gasteiger partial charge >= 0.3 is 57.9 Å². The van der Waals surface area contributed by atoms with E-state index in [1.807, 2.05) is 0 Å². The molecule has 0 bridgehead atoms. The Hall–Kier alpha value is 2.22. The van der Waals surface area contributed by atoms with Crippen LogP contribution in [0, 0.1) is 0 Å². The van der Waals surface area contributed by atoms with E-state index >= 15 is 0 Å². The molecule has 0 aromatic heterocycles. The number of hydrogen-bond acceptors (Lipinski definition) is 2. The van der Waals surface area contributed by atoms with Crippen molar-refractivity contribution in [3.8, 4) is 0 Å². The molecule has 0 saturated heterocycles. The van der Waals surface area contributed by atoms with Crippen molar-refractivity contribution in [3.63, 3.8) is 0 Å². The molecule has 0 rings (SSSR count). The first-order valence-electron chi connectivity index (χ1n) is 0.272. The van der Waals surface area contributed by atoms with Crippen molar-refractivity contribution in [3.05, 3.63) is 0 Å². The standard InChI is InChI=1S/2Co.Li.Mn.Ni.2O.H. The molecule has 0 fully saturated rings. The van der Waals surface area contributed by atoms with Crippen molar-refractivity contribution in [1.29, 1.82) is 0 Å². The Kier molecular flexibility index (Phi) is 434. The minimum absolute atomic E-state index is 0. The summed E-state index contributed by atoms with van der Waals surface area (Å²) in [7, 11) is 0. The molecule has 49 valence electrons. The van der Waals surface area contributed by atoms with Crippen LogP contribution in [-0.2, 0) is 72.6 Å². The molecule has 0 heterocycles. The van der Waals surface area contributed by atoms with E-state index in [2.05, 4.69) is 31.3 Å². The molecule has 1 radical (unpaired) electrons. The van der Waals surface area contributed by atoms with E-state index in [1.54, 1.807) is 0 Å². The summed E-state index contributed by atoms with van der Waals surface area (Å²) < 4.78 is 15.9. The van der Waals surface area contributed by atoms with E-state index < -0.39 is 0 Å². The number of rotatable bonds is 0. The molecule has 0 spiro atoms. The first-order valence-corrected chi connectivity index (χ1v) is 1.12. The predicted molar refractivity (Wildman–Crippen MR) is 8.52 cm³/mol. The maximum atomic E-state index is 7.94. The molecule has 0 saturated carbocycles. The fourth-order valence-corrected chi connectivity index (χ4v) is 0. The second kappa shape index (κ2) is 86.8. The van der Waals surface area contributed by atoms with Gasteiger partial charge in [0.05, 0.1) is 0 Å². The van der Waals surface area contributed by atoms with E-state index in [-0.39, 0.29) is 52.4 Å². The van der Waals surface area contributed by atoms with Crippen molar-refractivity contribution in [1.82, 2.24) is 0 Å². The zero-order chi connectivity index (χ0) is 4.00. The second-order valence-corrected chi connectivity index (χ2v) is 0. The summed E-state index contributed by atoms with van der Waals surface area (Å²) in [5.74, 6) is 0. The third-order valence-corrected chi connectivity index (χ3v) is 0. The Balaban J connectivity index is -0.00000000267. The molecule has 0 amide bonds. The van der Waals surface area contributed by atoms with Gasteiger partial charge in [0.1, 0.15) is 0 Å². The summed E-state index contributed by atoms with van der Waals surface area (Å²) in [6.07, 6.45) is 0. The van der Waals surface area contributed by atoms with E-state index in [0.29, 0.717) is 0 Å². The quantitative estimate of drug-likeness (QED) is 0.535. The Morgan fingerprint density at radius 3 is 0.857 bits per heavy atom. The van der Waals surface area contributed by atoms with E-state index in [4.69, 9.17) is 7.73 Å². The molecular formula is HCo2LiMnNiO2. The van der Waals surface area contributed by atoms with E-state index in [0.717, 1.165) is 0 Å². The van der Waals surface area contributed by atoms with Crippen LogP contribution in [0.1, 0.15) is 0 Å². The van der Waals surface area contributed by atoms with Gasteiger partial charge in [-0.15, -0.1) is 0 Å². The molecule has 0 aromatic carbocycles. The minimum atomic E-state index is 0. The summed E-state index contributed by atoms with van der Waals surface area (Å²) in [6, 6.07) is 0. The van der Waals surface area contributed by atoms with Gasteiger partial charge in [-0.05, 0) is 0 Å². The summed E-state index contributed by atoms with van der Waals surface area (Å²) in [5, 5.41) is 0. The molecule has 0 atom stereocenters. The molecule has 0 unspecified atom stereocenters. The van der Waals surface area contributed by atoms with E-state index in [1.165, 1.54) is 0 Å². The van der Waals surface area contributed by atoms with Crippen LogP contribution >= 0.6 is 0 Å². The van der Waals surface area contributed by atoms with Gasteiger partial charge in [-0.1, -0.05) is 0 Å². The first-order chi connectivity index (χ1) is 2.00. The summed E-state index contributed by atoms with van der Waals surface area (Å²) in [5.41, 5.74) is 0. The van der Waals surface area contributed by atoms with Gasteiger partial charge in [-0.2, -0.15) is 0 Å². The number of hydrogen-bond donors (Lipinski definition) is 0. The molecule has 7 heteroatoms. The van der Waals surface area contributed by atoms with Crippen LogP contribution in [0.4, 0.5) is 0 Å². The van der Waals surface area contributed by atoms with E-state index in [9.17, 15) is 0 Å². The zero-order valence-electron chi connectivity index (χ0n) is 2.18. The van der Waals surface area contributed by atoms with Crippen LogP contribution in [0.25, 0.3) is 0 Å². The normalized spacial score (nSPS) is 1.43. The Bertz CT molecular complexity index is 17.7. The average molecular weight is 271 g/mol.